The first kappa shape index (κ1) is 19.2. The molecule has 0 aliphatic carbocycles. The first-order chi connectivity index (χ1) is 14.1. The number of halogens is 1. The molecule has 8 heteroatoms. The molecule has 0 unspecified atom stereocenters. The number of nitrogens with zero attached hydrogens (tertiary/aromatic N) is 2. The monoisotopic (exact) mass is 455 g/mol. The minimum absolute atomic E-state index is 0.154. The lowest BCUT2D eigenvalue weighted by Crippen LogP contribution is -2.28. The Morgan fingerprint density at radius 3 is 2.69 bits per heavy atom. The fourth-order valence-electron chi connectivity index (χ4n) is 2.93. The minimum Gasteiger partial charge on any atom is -0.454 e. The topological polar surface area (TPSA) is 82.5 Å². The van der Waals surface area contributed by atoms with Gasteiger partial charge in [0, 0.05) is 29.1 Å². The van der Waals surface area contributed by atoms with Crippen LogP contribution in [-0.2, 0) is 17.9 Å². The van der Waals surface area contributed by atoms with Crippen molar-refractivity contribution in [3.8, 4) is 22.8 Å². The molecule has 3 aromatic rings. The van der Waals surface area contributed by atoms with E-state index in [1.807, 2.05) is 42.5 Å². The Balaban J connectivity index is 1.35. The summed E-state index contributed by atoms with van der Waals surface area (Å²) in [5, 5.41) is 7.23. The molecule has 7 nitrogen and oxygen atoms in total. The van der Waals surface area contributed by atoms with Gasteiger partial charge in [-0.25, -0.2) is 4.68 Å². The average molecular weight is 456 g/mol. The minimum atomic E-state index is -0.241. The SMILES string of the molecule is O=C(CCn1nc(-c2ccc(Br)cc2)ccc1=O)NCc1ccc2c(c1)OCO2. The summed E-state index contributed by atoms with van der Waals surface area (Å²) >= 11 is 3.40. The number of carbonyl (C=O) groups excluding carboxylic acids is 1. The summed E-state index contributed by atoms with van der Waals surface area (Å²) in [6.07, 6.45) is 0.154. The number of hydrogen-bond acceptors (Lipinski definition) is 5. The fraction of sp³-hybridized carbons (Fsp3) is 0.190. The lowest BCUT2D eigenvalue weighted by Gasteiger charge is -2.09. The van der Waals surface area contributed by atoms with E-state index in [1.54, 1.807) is 6.07 Å². The number of aromatic nitrogens is 2. The van der Waals surface area contributed by atoms with Gasteiger partial charge in [-0.15, -0.1) is 0 Å². The Morgan fingerprint density at radius 2 is 1.86 bits per heavy atom. The third kappa shape index (κ3) is 4.65. The number of benzene rings is 2. The predicted molar refractivity (Wildman–Crippen MR) is 111 cm³/mol. The Bertz CT molecular complexity index is 1100. The quantitative estimate of drug-likeness (QED) is 0.617. The van der Waals surface area contributed by atoms with Gasteiger partial charge in [0.1, 0.15) is 0 Å². The molecule has 1 amide bonds. The van der Waals surface area contributed by atoms with Gasteiger partial charge in [0.15, 0.2) is 11.5 Å². The number of nitrogens with one attached hydrogen (secondary N) is 1. The van der Waals surface area contributed by atoms with Crippen LogP contribution in [0.3, 0.4) is 0 Å². The van der Waals surface area contributed by atoms with Crippen molar-refractivity contribution < 1.29 is 14.3 Å². The maximum atomic E-state index is 12.2. The van der Waals surface area contributed by atoms with E-state index >= 15 is 0 Å². The van der Waals surface area contributed by atoms with Crippen LogP contribution in [0.15, 0.2) is 63.9 Å². The molecule has 1 aliphatic heterocycles. The van der Waals surface area contributed by atoms with Crippen LogP contribution < -0.4 is 20.3 Å². The van der Waals surface area contributed by atoms with E-state index in [9.17, 15) is 9.59 Å². The zero-order valence-electron chi connectivity index (χ0n) is 15.4. The van der Waals surface area contributed by atoms with Crippen molar-refractivity contribution in [2.75, 3.05) is 6.79 Å². The number of ether oxygens (including phenoxy) is 2. The molecule has 0 saturated carbocycles. The Hall–Kier alpha value is -3.13. The summed E-state index contributed by atoms with van der Waals surface area (Å²) in [5.74, 6) is 1.22. The number of rotatable bonds is 6. The number of fused-ring (bicyclic) bond motifs is 1. The standard InChI is InChI=1S/C21H18BrN3O4/c22-16-4-2-15(3-5-16)17-6-8-21(27)25(24-17)10-9-20(26)23-12-14-1-7-18-19(11-14)29-13-28-18/h1-8,11H,9-10,12-13H2,(H,23,26). The van der Waals surface area contributed by atoms with Crippen LogP contribution in [0.5, 0.6) is 11.5 Å². The third-order valence-electron chi connectivity index (χ3n) is 4.48. The second-order valence-corrected chi connectivity index (χ2v) is 7.42. The number of amides is 1. The maximum Gasteiger partial charge on any atom is 0.266 e. The van der Waals surface area contributed by atoms with Gasteiger partial charge < -0.3 is 14.8 Å². The molecule has 148 valence electrons. The molecular formula is C21H18BrN3O4. The molecule has 1 N–H and O–H groups in total. The molecular weight excluding hydrogens is 438 g/mol. The first-order valence-electron chi connectivity index (χ1n) is 9.08. The molecule has 0 saturated heterocycles. The maximum absolute atomic E-state index is 12.2. The average Bonchev–Trinajstić information content (AvgIpc) is 3.20. The second kappa shape index (κ2) is 8.48. The molecule has 1 aliphatic rings. The smallest absolute Gasteiger partial charge is 0.266 e. The Morgan fingerprint density at radius 1 is 1.07 bits per heavy atom. The molecule has 2 heterocycles. The van der Waals surface area contributed by atoms with Crippen molar-refractivity contribution in [2.24, 2.45) is 0 Å². The van der Waals surface area contributed by atoms with Gasteiger partial charge in [-0.1, -0.05) is 34.1 Å². The van der Waals surface area contributed by atoms with Crippen LogP contribution in [0.4, 0.5) is 0 Å². The lowest BCUT2D eigenvalue weighted by atomic mass is 10.1. The van der Waals surface area contributed by atoms with Crippen molar-refractivity contribution in [1.29, 1.82) is 0 Å². The number of aryl methyl sites for hydroxylation is 1. The van der Waals surface area contributed by atoms with Gasteiger partial charge in [0.2, 0.25) is 12.7 Å². The Labute approximate surface area is 175 Å². The molecule has 2 aromatic carbocycles. The zero-order valence-corrected chi connectivity index (χ0v) is 17.0. The number of carbonyl (C=O) groups is 1. The molecule has 0 radical (unpaired) electrons. The van der Waals surface area contributed by atoms with E-state index in [1.165, 1.54) is 10.7 Å². The van der Waals surface area contributed by atoms with Crippen molar-refractivity contribution in [1.82, 2.24) is 15.1 Å². The van der Waals surface area contributed by atoms with Gasteiger partial charge >= 0.3 is 0 Å². The molecule has 0 spiro atoms. The van der Waals surface area contributed by atoms with Gasteiger partial charge in [-0.3, -0.25) is 9.59 Å². The zero-order chi connectivity index (χ0) is 20.2. The van der Waals surface area contributed by atoms with E-state index in [2.05, 4.69) is 26.3 Å². The lowest BCUT2D eigenvalue weighted by molar-refractivity contribution is -0.121. The number of hydrogen-bond donors (Lipinski definition) is 1. The van der Waals surface area contributed by atoms with Gasteiger partial charge in [-0.2, -0.15) is 5.10 Å². The summed E-state index contributed by atoms with van der Waals surface area (Å²) in [5.41, 5.74) is 2.25. The molecule has 29 heavy (non-hydrogen) atoms. The van der Waals surface area contributed by atoms with E-state index in [0.29, 0.717) is 23.7 Å². The highest BCUT2D eigenvalue weighted by molar-refractivity contribution is 9.10. The van der Waals surface area contributed by atoms with Crippen molar-refractivity contribution in [2.45, 2.75) is 19.5 Å². The molecule has 1 aromatic heterocycles. The van der Waals surface area contributed by atoms with Crippen LogP contribution in [0.1, 0.15) is 12.0 Å². The summed E-state index contributed by atoms with van der Waals surface area (Å²) in [7, 11) is 0. The van der Waals surface area contributed by atoms with E-state index in [4.69, 9.17) is 9.47 Å². The summed E-state index contributed by atoms with van der Waals surface area (Å²) in [6, 6.07) is 16.3. The predicted octanol–water partition coefficient (Wildman–Crippen LogP) is 3.11. The fourth-order valence-corrected chi connectivity index (χ4v) is 3.20. The van der Waals surface area contributed by atoms with Gasteiger partial charge in [0.05, 0.1) is 12.2 Å². The highest BCUT2D eigenvalue weighted by Crippen LogP contribution is 2.32. The van der Waals surface area contributed by atoms with E-state index in [0.717, 1.165) is 15.6 Å². The molecule has 0 bridgehead atoms. The first-order valence-corrected chi connectivity index (χ1v) is 9.87. The third-order valence-corrected chi connectivity index (χ3v) is 5.01. The highest BCUT2D eigenvalue weighted by Gasteiger charge is 2.13. The van der Waals surface area contributed by atoms with Gasteiger partial charge in [0.25, 0.3) is 5.56 Å². The largest absolute Gasteiger partial charge is 0.454 e. The summed E-state index contributed by atoms with van der Waals surface area (Å²) < 4.78 is 12.9. The van der Waals surface area contributed by atoms with Crippen LogP contribution in [0, 0.1) is 0 Å². The van der Waals surface area contributed by atoms with Gasteiger partial charge in [-0.05, 0) is 35.9 Å². The normalized spacial score (nSPS) is 12.0. The van der Waals surface area contributed by atoms with Crippen molar-refractivity contribution in [3.63, 3.8) is 0 Å². The summed E-state index contributed by atoms with van der Waals surface area (Å²) in [6.45, 7) is 0.791. The van der Waals surface area contributed by atoms with Crippen molar-refractivity contribution in [3.05, 3.63) is 75.0 Å². The van der Waals surface area contributed by atoms with Crippen LogP contribution >= 0.6 is 15.9 Å². The van der Waals surface area contributed by atoms with Crippen molar-refractivity contribution >= 4 is 21.8 Å². The molecule has 0 atom stereocenters. The summed E-state index contributed by atoms with van der Waals surface area (Å²) in [4.78, 5) is 24.3. The highest BCUT2D eigenvalue weighted by atomic mass is 79.9. The van der Waals surface area contributed by atoms with Crippen LogP contribution in [-0.4, -0.2) is 22.5 Å². The van der Waals surface area contributed by atoms with Crippen LogP contribution in [0.25, 0.3) is 11.3 Å². The second-order valence-electron chi connectivity index (χ2n) is 6.50. The van der Waals surface area contributed by atoms with Crippen LogP contribution in [0.2, 0.25) is 0 Å². The van der Waals surface area contributed by atoms with E-state index < -0.39 is 0 Å². The Kier molecular flexibility index (Phi) is 5.62. The molecule has 0 fully saturated rings. The van der Waals surface area contributed by atoms with E-state index in [-0.39, 0.29) is 31.2 Å². The molecule has 4 rings (SSSR count).